The maximum absolute atomic E-state index is 12.5. The zero-order valence-corrected chi connectivity index (χ0v) is 20.0. The Labute approximate surface area is 198 Å². The molecule has 0 radical (unpaired) electrons. The average Bonchev–Trinajstić information content (AvgIpc) is 3.30. The van der Waals surface area contributed by atoms with Crippen LogP contribution in [-0.2, 0) is 20.7 Å². The number of esters is 1. The van der Waals surface area contributed by atoms with E-state index >= 15 is 0 Å². The quantitative estimate of drug-likeness (QED) is 0.339. The van der Waals surface area contributed by atoms with Gasteiger partial charge in [-0.25, -0.2) is 0 Å². The van der Waals surface area contributed by atoms with E-state index in [0.717, 1.165) is 11.3 Å². The van der Waals surface area contributed by atoms with Crippen LogP contribution in [0.25, 0.3) is 5.69 Å². The molecular formula is C25H30N4O3S. The van der Waals surface area contributed by atoms with Crippen molar-refractivity contribution >= 4 is 23.6 Å². The molecule has 0 aliphatic rings. The Morgan fingerprint density at radius 2 is 1.82 bits per heavy atom. The summed E-state index contributed by atoms with van der Waals surface area (Å²) in [5, 5.41) is 11.6. The molecule has 8 heteroatoms. The Hall–Kier alpha value is -3.13. The summed E-state index contributed by atoms with van der Waals surface area (Å²) < 4.78 is 7.06. The van der Waals surface area contributed by atoms with Crippen LogP contribution in [0.15, 0.2) is 66.1 Å². The second-order valence-electron chi connectivity index (χ2n) is 7.96. The number of benzene rings is 2. The smallest absolute Gasteiger partial charge is 0.311 e. The summed E-state index contributed by atoms with van der Waals surface area (Å²) in [6, 6.07) is 17.9. The molecular weight excluding hydrogens is 436 g/mol. The number of carbonyl (C=O) groups is 2. The van der Waals surface area contributed by atoms with Gasteiger partial charge in [0, 0.05) is 12.2 Å². The van der Waals surface area contributed by atoms with E-state index in [1.165, 1.54) is 17.3 Å². The molecule has 0 saturated heterocycles. The lowest BCUT2D eigenvalue weighted by molar-refractivity contribution is -0.147. The highest BCUT2D eigenvalue weighted by Crippen LogP contribution is 2.22. The van der Waals surface area contributed by atoms with Crippen LogP contribution in [0.3, 0.4) is 0 Å². The summed E-state index contributed by atoms with van der Waals surface area (Å²) in [5.74, 6) is -0.294. The highest BCUT2D eigenvalue weighted by atomic mass is 32.2. The first-order chi connectivity index (χ1) is 16.0. The molecule has 0 saturated carbocycles. The van der Waals surface area contributed by atoms with E-state index in [9.17, 15) is 9.59 Å². The van der Waals surface area contributed by atoms with Crippen LogP contribution in [0.2, 0.25) is 0 Å². The lowest BCUT2D eigenvalue weighted by Gasteiger charge is -2.16. The summed E-state index contributed by atoms with van der Waals surface area (Å²) >= 11 is 1.30. The molecule has 0 fully saturated rings. The standard InChI is InChI=1S/C25H30N4O3S/c1-4-32-24(31)21(14-19-8-6-5-7-9-19)15-26-23(30)16-33-25-28-27-17-29(25)22-12-10-20(11-13-22)18(2)3/h5-13,17-18,21H,4,14-16H2,1-3H3,(H,26,30)/t21-/m0/s1. The number of thioether (sulfide) groups is 1. The van der Waals surface area contributed by atoms with E-state index in [1.54, 1.807) is 13.3 Å². The van der Waals surface area contributed by atoms with Crippen LogP contribution in [-0.4, -0.2) is 45.5 Å². The van der Waals surface area contributed by atoms with E-state index in [4.69, 9.17) is 4.74 Å². The van der Waals surface area contributed by atoms with Gasteiger partial charge in [-0.05, 0) is 42.5 Å². The first kappa shape index (κ1) is 24.5. The second-order valence-corrected chi connectivity index (χ2v) is 8.90. The largest absolute Gasteiger partial charge is 0.466 e. The first-order valence-corrected chi connectivity index (χ1v) is 12.1. The Kier molecular flexibility index (Phi) is 9.06. The highest BCUT2D eigenvalue weighted by molar-refractivity contribution is 7.99. The fourth-order valence-corrected chi connectivity index (χ4v) is 4.09. The second kappa shape index (κ2) is 12.2. The van der Waals surface area contributed by atoms with Crippen molar-refractivity contribution in [3.8, 4) is 5.69 Å². The number of carbonyl (C=O) groups excluding carboxylic acids is 2. The summed E-state index contributed by atoms with van der Waals surface area (Å²) in [7, 11) is 0. The monoisotopic (exact) mass is 466 g/mol. The molecule has 1 N–H and O–H groups in total. The van der Waals surface area contributed by atoms with Crippen molar-refractivity contribution in [2.45, 2.75) is 38.3 Å². The van der Waals surface area contributed by atoms with Crippen molar-refractivity contribution in [2.75, 3.05) is 18.9 Å². The van der Waals surface area contributed by atoms with E-state index in [1.807, 2.05) is 47.0 Å². The maximum Gasteiger partial charge on any atom is 0.311 e. The molecule has 0 bridgehead atoms. The number of nitrogens with one attached hydrogen (secondary N) is 1. The molecule has 0 aliphatic heterocycles. The minimum Gasteiger partial charge on any atom is -0.466 e. The Morgan fingerprint density at radius 3 is 2.48 bits per heavy atom. The van der Waals surface area contributed by atoms with E-state index in [0.29, 0.717) is 24.1 Å². The number of hydrogen-bond acceptors (Lipinski definition) is 6. The van der Waals surface area contributed by atoms with Gasteiger partial charge in [0.25, 0.3) is 0 Å². The molecule has 2 aromatic carbocycles. The highest BCUT2D eigenvalue weighted by Gasteiger charge is 2.21. The van der Waals surface area contributed by atoms with E-state index in [-0.39, 0.29) is 24.2 Å². The van der Waals surface area contributed by atoms with Crippen LogP contribution < -0.4 is 5.32 Å². The predicted molar refractivity (Wildman–Crippen MR) is 129 cm³/mol. The number of hydrogen-bond donors (Lipinski definition) is 1. The molecule has 7 nitrogen and oxygen atoms in total. The number of amides is 1. The zero-order valence-electron chi connectivity index (χ0n) is 19.2. The molecule has 1 aromatic heterocycles. The van der Waals surface area contributed by atoms with Crippen LogP contribution in [0.5, 0.6) is 0 Å². The Balaban J connectivity index is 1.56. The van der Waals surface area contributed by atoms with Gasteiger partial charge in [-0.15, -0.1) is 10.2 Å². The molecule has 1 atom stereocenters. The molecule has 0 unspecified atom stereocenters. The summed E-state index contributed by atoms with van der Waals surface area (Å²) in [6.45, 7) is 6.61. The van der Waals surface area contributed by atoms with Crippen LogP contribution in [0, 0.1) is 5.92 Å². The van der Waals surface area contributed by atoms with E-state index < -0.39 is 5.92 Å². The van der Waals surface area contributed by atoms with Crippen molar-refractivity contribution in [1.82, 2.24) is 20.1 Å². The minimum atomic E-state index is -0.440. The molecule has 174 valence electrons. The number of rotatable bonds is 11. The van der Waals surface area contributed by atoms with Crippen LogP contribution >= 0.6 is 11.8 Å². The third kappa shape index (κ3) is 7.18. The average molecular weight is 467 g/mol. The van der Waals surface area contributed by atoms with Gasteiger partial charge in [0.05, 0.1) is 18.3 Å². The van der Waals surface area contributed by atoms with Gasteiger partial charge < -0.3 is 10.1 Å². The summed E-state index contributed by atoms with van der Waals surface area (Å²) in [5.41, 5.74) is 3.22. The molecule has 3 aromatic rings. The lowest BCUT2D eigenvalue weighted by atomic mass is 9.99. The van der Waals surface area contributed by atoms with Crippen molar-refractivity contribution in [2.24, 2.45) is 5.92 Å². The van der Waals surface area contributed by atoms with Gasteiger partial charge in [0.2, 0.25) is 5.91 Å². The first-order valence-electron chi connectivity index (χ1n) is 11.1. The zero-order chi connectivity index (χ0) is 23.6. The number of nitrogens with zero attached hydrogens (tertiary/aromatic N) is 3. The third-order valence-corrected chi connectivity index (χ3v) is 6.12. The van der Waals surface area contributed by atoms with Crippen molar-refractivity contribution < 1.29 is 14.3 Å². The summed E-state index contributed by atoms with van der Waals surface area (Å²) in [6.07, 6.45) is 2.15. The van der Waals surface area contributed by atoms with Crippen LogP contribution in [0.4, 0.5) is 0 Å². The number of aromatic nitrogens is 3. The minimum absolute atomic E-state index is 0.170. The molecule has 3 rings (SSSR count). The molecule has 0 aliphatic carbocycles. The van der Waals surface area contributed by atoms with E-state index in [2.05, 4.69) is 41.5 Å². The molecule has 33 heavy (non-hydrogen) atoms. The van der Waals surface area contributed by atoms with Crippen LogP contribution in [0.1, 0.15) is 37.8 Å². The van der Waals surface area contributed by atoms with Gasteiger partial charge in [0.15, 0.2) is 5.16 Å². The topological polar surface area (TPSA) is 86.1 Å². The molecule has 0 spiro atoms. The molecule has 1 amide bonds. The normalized spacial score (nSPS) is 11.9. The Morgan fingerprint density at radius 1 is 1.09 bits per heavy atom. The predicted octanol–water partition coefficient (Wildman–Crippen LogP) is 4.02. The summed E-state index contributed by atoms with van der Waals surface area (Å²) in [4.78, 5) is 24.9. The molecule has 1 heterocycles. The van der Waals surface area contributed by atoms with Gasteiger partial charge in [-0.3, -0.25) is 14.2 Å². The van der Waals surface area contributed by atoms with Gasteiger partial charge in [-0.2, -0.15) is 0 Å². The van der Waals surface area contributed by atoms with Crippen molar-refractivity contribution in [1.29, 1.82) is 0 Å². The fourth-order valence-electron chi connectivity index (χ4n) is 3.34. The van der Waals surface area contributed by atoms with Crippen molar-refractivity contribution in [3.05, 3.63) is 72.1 Å². The lowest BCUT2D eigenvalue weighted by Crippen LogP contribution is -2.36. The third-order valence-electron chi connectivity index (χ3n) is 5.18. The maximum atomic E-state index is 12.5. The van der Waals surface area contributed by atoms with Gasteiger partial charge in [0.1, 0.15) is 6.33 Å². The fraction of sp³-hybridized carbons (Fsp3) is 0.360. The van der Waals surface area contributed by atoms with Gasteiger partial charge >= 0.3 is 5.97 Å². The number of ether oxygens (including phenoxy) is 1. The van der Waals surface area contributed by atoms with Gasteiger partial charge in [-0.1, -0.05) is 68.1 Å². The SMILES string of the molecule is CCOC(=O)[C@H](CNC(=O)CSc1nncn1-c1ccc(C(C)C)cc1)Cc1ccccc1. The Bertz CT molecular complexity index is 1040. The van der Waals surface area contributed by atoms with Crippen molar-refractivity contribution in [3.63, 3.8) is 0 Å².